The third kappa shape index (κ3) is 2.68. The molecule has 0 saturated carbocycles. The van der Waals surface area contributed by atoms with Crippen molar-refractivity contribution < 1.29 is 9.21 Å². The molecule has 0 unspecified atom stereocenters. The minimum Gasteiger partial charge on any atom is -0.461 e. The minimum atomic E-state index is 0.106. The van der Waals surface area contributed by atoms with Gasteiger partial charge in [0.1, 0.15) is 17.3 Å². The van der Waals surface area contributed by atoms with E-state index in [4.69, 9.17) is 4.42 Å². The lowest BCUT2D eigenvalue weighted by molar-refractivity contribution is -0.116. The van der Waals surface area contributed by atoms with Crippen LogP contribution >= 0.6 is 15.9 Å². The van der Waals surface area contributed by atoms with Crippen LogP contribution in [0.25, 0.3) is 22.1 Å². The topological polar surface area (TPSA) is 30.2 Å². The number of rotatable bonds is 3. The SMILES string of the molecule is CC(=O)Cc1ccc(-c2ccc3cc(Br)ccc3c2)o1. The van der Waals surface area contributed by atoms with Crippen molar-refractivity contribution in [3.63, 3.8) is 0 Å². The van der Waals surface area contributed by atoms with Gasteiger partial charge in [-0.2, -0.15) is 0 Å². The molecule has 20 heavy (non-hydrogen) atoms. The molecular weight excluding hydrogens is 316 g/mol. The summed E-state index contributed by atoms with van der Waals surface area (Å²) in [5, 5.41) is 2.34. The number of ketones is 1. The van der Waals surface area contributed by atoms with Gasteiger partial charge in [-0.1, -0.05) is 34.1 Å². The van der Waals surface area contributed by atoms with Crippen molar-refractivity contribution in [2.24, 2.45) is 0 Å². The first-order chi connectivity index (χ1) is 9.61. The van der Waals surface area contributed by atoms with Crippen LogP contribution in [0.3, 0.4) is 0 Å². The summed E-state index contributed by atoms with van der Waals surface area (Å²) in [6, 6.07) is 16.2. The molecule has 2 aromatic carbocycles. The van der Waals surface area contributed by atoms with Crippen LogP contribution in [0.4, 0.5) is 0 Å². The molecule has 100 valence electrons. The van der Waals surface area contributed by atoms with Crippen LogP contribution in [-0.4, -0.2) is 5.78 Å². The molecule has 0 N–H and O–H groups in total. The maximum Gasteiger partial charge on any atom is 0.137 e. The largest absolute Gasteiger partial charge is 0.461 e. The lowest BCUT2D eigenvalue weighted by Gasteiger charge is -2.02. The molecule has 0 radical (unpaired) electrons. The number of furan rings is 1. The maximum atomic E-state index is 11.1. The third-order valence-electron chi connectivity index (χ3n) is 3.17. The van der Waals surface area contributed by atoms with Crippen LogP contribution in [0.15, 0.2) is 57.4 Å². The molecule has 0 saturated heterocycles. The first-order valence-corrected chi connectivity index (χ1v) is 7.19. The predicted octanol–water partition coefficient (Wildman–Crippen LogP) is 4.99. The molecule has 2 nitrogen and oxygen atoms in total. The molecule has 0 bridgehead atoms. The first-order valence-electron chi connectivity index (χ1n) is 6.40. The summed E-state index contributed by atoms with van der Waals surface area (Å²) in [5.41, 5.74) is 1.02. The van der Waals surface area contributed by atoms with Crippen molar-refractivity contribution in [3.05, 3.63) is 58.8 Å². The Labute approximate surface area is 125 Å². The number of hydrogen-bond acceptors (Lipinski definition) is 2. The molecule has 3 rings (SSSR count). The van der Waals surface area contributed by atoms with Gasteiger partial charge in [-0.15, -0.1) is 0 Å². The zero-order valence-electron chi connectivity index (χ0n) is 11.0. The third-order valence-corrected chi connectivity index (χ3v) is 3.66. The standard InChI is InChI=1S/C17H13BrO2/c1-11(19)8-16-6-7-17(20-16)14-3-2-13-10-15(18)5-4-12(13)9-14/h2-7,9-10H,8H2,1H3. The molecule has 0 fully saturated rings. The van der Waals surface area contributed by atoms with Gasteiger partial charge in [-0.3, -0.25) is 4.79 Å². The average molecular weight is 329 g/mol. The molecule has 0 aliphatic heterocycles. The summed E-state index contributed by atoms with van der Waals surface area (Å²) in [6.07, 6.45) is 0.348. The highest BCUT2D eigenvalue weighted by Crippen LogP contribution is 2.27. The fraction of sp³-hybridized carbons (Fsp3) is 0.118. The van der Waals surface area contributed by atoms with Crippen LogP contribution in [0.5, 0.6) is 0 Å². The molecule has 3 heteroatoms. The van der Waals surface area contributed by atoms with Crippen LogP contribution in [0.1, 0.15) is 12.7 Å². The number of halogens is 1. The Morgan fingerprint density at radius 2 is 1.80 bits per heavy atom. The van der Waals surface area contributed by atoms with Crippen LogP contribution in [-0.2, 0) is 11.2 Å². The summed E-state index contributed by atoms with van der Waals surface area (Å²) < 4.78 is 6.79. The Balaban J connectivity index is 1.99. The Morgan fingerprint density at radius 3 is 2.60 bits per heavy atom. The van der Waals surface area contributed by atoms with Gasteiger partial charge in [0.25, 0.3) is 0 Å². The second-order valence-electron chi connectivity index (χ2n) is 4.85. The normalized spacial score (nSPS) is 10.9. The number of Topliss-reactive ketones (excluding diaryl/α,β-unsaturated/α-hetero) is 1. The second-order valence-corrected chi connectivity index (χ2v) is 5.77. The maximum absolute atomic E-state index is 11.1. The lowest BCUT2D eigenvalue weighted by atomic mass is 10.1. The zero-order valence-corrected chi connectivity index (χ0v) is 12.6. The summed E-state index contributed by atoms with van der Waals surface area (Å²) in [5.74, 6) is 1.61. The van der Waals surface area contributed by atoms with E-state index in [0.29, 0.717) is 12.2 Å². The highest BCUT2D eigenvalue weighted by atomic mass is 79.9. The van der Waals surface area contributed by atoms with Gasteiger partial charge in [0, 0.05) is 10.0 Å². The highest BCUT2D eigenvalue weighted by molar-refractivity contribution is 9.10. The second kappa shape index (κ2) is 5.25. The number of fused-ring (bicyclic) bond motifs is 1. The first kappa shape index (κ1) is 13.1. The van der Waals surface area contributed by atoms with Crippen molar-refractivity contribution in [1.29, 1.82) is 0 Å². The molecule has 0 atom stereocenters. The summed E-state index contributed by atoms with van der Waals surface area (Å²) in [7, 11) is 0. The molecule has 0 amide bonds. The number of benzene rings is 2. The summed E-state index contributed by atoms with van der Waals surface area (Å²) >= 11 is 3.47. The molecule has 0 aliphatic carbocycles. The van der Waals surface area contributed by atoms with E-state index in [1.807, 2.05) is 24.3 Å². The fourth-order valence-electron chi connectivity index (χ4n) is 2.24. The van der Waals surface area contributed by atoms with E-state index >= 15 is 0 Å². The van der Waals surface area contributed by atoms with E-state index in [2.05, 4.69) is 40.2 Å². The van der Waals surface area contributed by atoms with Crippen LogP contribution < -0.4 is 0 Å². The smallest absolute Gasteiger partial charge is 0.137 e. The summed E-state index contributed by atoms with van der Waals surface area (Å²) in [4.78, 5) is 11.1. The lowest BCUT2D eigenvalue weighted by Crippen LogP contribution is -1.93. The van der Waals surface area contributed by atoms with Gasteiger partial charge >= 0.3 is 0 Å². The van der Waals surface area contributed by atoms with E-state index in [9.17, 15) is 4.79 Å². The zero-order chi connectivity index (χ0) is 14.1. The van der Waals surface area contributed by atoms with E-state index in [1.54, 1.807) is 6.92 Å². The van der Waals surface area contributed by atoms with Crippen molar-refractivity contribution in [1.82, 2.24) is 0 Å². The van der Waals surface area contributed by atoms with Gasteiger partial charge in [0.05, 0.1) is 6.42 Å². The number of carbonyl (C=O) groups excluding carboxylic acids is 1. The Bertz CT molecular complexity index is 787. The van der Waals surface area contributed by atoms with E-state index in [1.165, 1.54) is 5.39 Å². The predicted molar refractivity (Wildman–Crippen MR) is 83.7 cm³/mol. The van der Waals surface area contributed by atoms with E-state index in [-0.39, 0.29) is 5.78 Å². The fourth-order valence-corrected chi connectivity index (χ4v) is 2.62. The van der Waals surface area contributed by atoms with Gasteiger partial charge in [0.15, 0.2) is 0 Å². The molecule has 1 heterocycles. The summed E-state index contributed by atoms with van der Waals surface area (Å²) in [6.45, 7) is 1.57. The van der Waals surface area contributed by atoms with Crippen molar-refractivity contribution in [2.45, 2.75) is 13.3 Å². The number of carbonyl (C=O) groups is 1. The van der Waals surface area contributed by atoms with Gasteiger partial charge in [-0.25, -0.2) is 0 Å². The quantitative estimate of drug-likeness (QED) is 0.677. The Hall–Kier alpha value is -1.87. The monoisotopic (exact) mass is 328 g/mol. The molecule has 0 aliphatic rings. The average Bonchev–Trinajstić information content (AvgIpc) is 2.85. The van der Waals surface area contributed by atoms with Crippen molar-refractivity contribution in [3.8, 4) is 11.3 Å². The Kier molecular flexibility index (Phi) is 3.45. The molecule has 0 spiro atoms. The highest BCUT2D eigenvalue weighted by Gasteiger charge is 2.07. The molecule has 3 aromatic rings. The van der Waals surface area contributed by atoms with Crippen LogP contribution in [0, 0.1) is 0 Å². The van der Waals surface area contributed by atoms with Gasteiger partial charge in [0.2, 0.25) is 0 Å². The van der Waals surface area contributed by atoms with Crippen molar-refractivity contribution in [2.75, 3.05) is 0 Å². The molecular formula is C17H13BrO2. The van der Waals surface area contributed by atoms with E-state index < -0.39 is 0 Å². The molecule has 1 aromatic heterocycles. The number of hydrogen-bond donors (Lipinski definition) is 0. The van der Waals surface area contributed by atoms with Gasteiger partial charge in [-0.05, 0) is 48.0 Å². The van der Waals surface area contributed by atoms with Crippen LogP contribution in [0.2, 0.25) is 0 Å². The van der Waals surface area contributed by atoms with Gasteiger partial charge < -0.3 is 4.42 Å². The van der Waals surface area contributed by atoms with E-state index in [0.717, 1.165) is 21.2 Å². The minimum absolute atomic E-state index is 0.106. The van der Waals surface area contributed by atoms with Crippen molar-refractivity contribution >= 4 is 32.5 Å². The Morgan fingerprint density at radius 1 is 1.05 bits per heavy atom.